The second-order valence-electron chi connectivity index (χ2n) is 6.09. The van der Waals surface area contributed by atoms with E-state index in [4.69, 9.17) is 4.74 Å². The molecule has 8 heteroatoms. The van der Waals surface area contributed by atoms with Gasteiger partial charge in [-0.2, -0.15) is 0 Å². The van der Waals surface area contributed by atoms with Crippen LogP contribution in [0.5, 0.6) is 5.75 Å². The van der Waals surface area contributed by atoms with Crippen LogP contribution >= 0.6 is 0 Å². The fourth-order valence-electron chi connectivity index (χ4n) is 2.52. The van der Waals surface area contributed by atoms with Crippen LogP contribution in [0.1, 0.15) is 12.8 Å². The highest BCUT2D eigenvalue weighted by Crippen LogP contribution is 2.20. The first kappa shape index (κ1) is 21.4. The first-order valence-corrected chi connectivity index (χ1v) is 10.5. The van der Waals surface area contributed by atoms with Gasteiger partial charge in [-0.25, -0.2) is 12.8 Å². The number of carbonyl (C=O) groups excluding carboxylic acids is 1. The van der Waals surface area contributed by atoms with Crippen molar-refractivity contribution in [1.29, 1.82) is 0 Å². The SMILES string of the molecule is C=CCOc1cccc(NC(=O)CCCN(c2ccc(F)cc2)S(C)(=O)=O)c1. The number of benzene rings is 2. The molecule has 0 heterocycles. The quantitative estimate of drug-likeness (QED) is 0.612. The number of hydrogen-bond donors (Lipinski definition) is 1. The van der Waals surface area contributed by atoms with Gasteiger partial charge >= 0.3 is 0 Å². The highest BCUT2D eigenvalue weighted by molar-refractivity contribution is 7.92. The normalized spacial score (nSPS) is 10.9. The fraction of sp³-hybridized carbons (Fsp3) is 0.250. The molecule has 0 aliphatic carbocycles. The number of rotatable bonds is 10. The summed E-state index contributed by atoms with van der Waals surface area (Å²) in [6.07, 6.45) is 3.14. The van der Waals surface area contributed by atoms with E-state index in [1.165, 1.54) is 24.3 Å². The number of hydrogen-bond acceptors (Lipinski definition) is 4. The molecule has 6 nitrogen and oxygen atoms in total. The van der Waals surface area contributed by atoms with E-state index < -0.39 is 15.8 Å². The molecular formula is C20H23FN2O4S. The molecule has 2 aromatic carbocycles. The molecule has 0 bridgehead atoms. The lowest BCUT2D eigenvalue weighted by Crippen LogP contribution is -2.31. The largest absolute Gasteiger partial charge is 0.489 e. The highest BCUT2D eigenvalue weighted by Gasteiger charge is 2.17. The van der Waals surface area contributed by atoms with Gasteiger partial charge in [-0.1, -0.05) is 18.7 Å². The summed E-state index contributed by atoms with van der Waals surface area (Å²) in [5.41, 5.74) is 0.946. The summed E-state index contributed by atoms with van der Waals surface area (Å²) in [7, 11) is -3.55. The number of carbonyl (C=O) groups is 1. The number of sulfonamides is 1. The molecule has 0 aliphatic heterocycles. The molecule has 2 aromatic rings. The number of anilines is 2. The number of nitrogens with zero attached hydrogens (tertiary/aromatic N) is 1. The van der Waals surface area contributed by atoms with Crippen molar-refractivity contribution in [2.75, 3.05) is 29.0 Å². The van der Waals surface area contributed by atoms with Crippen molar-refractivity contribution in [2.45, 2.75) is 12.8 Å². The van der Waals surface area contributed by atoms with Crippen LogP contribution in [-0.4, -0.2) is 33.7 Å². The highest BCUT2D eigenvalue weighted by atomic mass is 32.2. The Labute approximate surface area is 164 Å². The third kappa shape index (κ3) is 6.70. The van der Waals surface area contributed by atoms with E-state index in [1.807, 2.05) is 0 Å². The van der Waals surface area contributed by atoms with Gasteiger partial charge in [0.25, 0.3) is 0 Å². The number of ether oxygens (including phenoxy) is 1. The summed E-state index contributed by atoms with van der Waals surface area (Å²) >= 11 is 0. The monoisotopic (exact) mass is 406 g/mol. The molecule has 0 saturated heterocycles. The molecule has 150 valence electrons. The number of halogens is 1. The second-order valence-corrected chi connectivity index (χ2v) is 8.00. The summed E-state index contributed by atoms with van der Waals surface area (Å²) in [5, 5.41) is 2.76. The Hall–Kier alpha value is -2.87. The Kier molecular flexibility index (Phi) is 7.57. The zero-order valence-electron chi connectivity index (χ0n) is 15.6. The molecule has 0 unspecified atom stereocenters. The van der Waals surface area contributed by atoms with Gasteiger partial charge < -0.3 is 10.1 Å². The van der Waals surface area contributed by atoms with Crippen molar-refractivity contribution in [3.8, 4) is 5.75 Å². The smallest absolute Gasteiger partial charge is 0.232 e. The first-order valence-electron chi connectivity index (χ1n) is 8.66. The maximum absolute atomic E-state index is 13.1. The zero-order valence-corrected chi connectivity index (χ0v) is 16.4. The third-order valence-electron chi connectivity index (χ3n) is 3.77. The van der Waals surface area contributed by atoms with Crippen LogP contribution in [0.4, 0.5) is 15.8 Å². The summed E-state index contributed by atoms with van der Waals surface area (Å²) < 4.78 is 43.7. The molecule has 0 fully saturated rings. The van der Waals surface area contributed by atoms with E-state index in [2.05, 4.69) is 11.9 Å². The minimum Gasteiger partial charge on any atom is -0.489 e. The molecule has 0 saturated carbocycles. The van der Waals surface area contributed by atoms with Crippen LogP contribution in [-0.2, 0) is 14.8 Å². The summed E-state index contributed by atoms with van der Waals surface area (Å²) in [6, 6.07) is 12.1. The van der Waals surface area contributed by atoms with Crippen molar-refractivity contribution in [1.82, 2.24) is 0 Å². The van der Waals surface area contributed by atoms with Crippen molar-refractivity contribution in [2.24, 2.45) is 0 Å². The maximum Gasteiger partial charge on any atom is 0.232 e. The fourth-order valence-corrected chi connectivity index (χ4v) is 3.48. The van der Waals surface area contributed by atoms with Crippen LogP contribution < -0.4 is 14.4 Å². The molecule has 0 spiro atoms. The van der Waals surface area contributed by atoms with Gasteiger partial charge in [0.15, 0.2) is 0 Å². The molecule has 1 N–H and O–H groups in total. The summed E-state index contributed by atoms with van der Waals surface area (Å²) in [6.45, 7) is 4.05. The van der Waals surface area contributed by atoms with E-state index in [0.29, 0.717) is 30.2 Å². The van der Waals surface area contributed by atoms with E-state index in [0.717, 1.165) is 10.6 Å². The Morgan fingerprint density at radius 1 is 1.25 bits per heavy atom. The van der Waals surface area contributed by atoms with E-state index in [1.54, 1.807) is 30.3 Å². The van der Waals surface area contributed by atoms with E-state index in [-0.39, 0.29) is 18.9 Å². The standard InChI is InChI=1S/C20H23FN2O4S/c1-3-14-27-19-7-4-6-17(15-19)22-20(24)8-5-13-23(28(2,25)26)18-11-9-16(21)10-12-18/h3-4,6-7,9-12,15H,1,5,8,13-14H2,2H3,(H,22,24). The van der Waals surface area contributed by atoms with E-state index in [9.17, 15) is 17.6 Å². The molecular weight excluding hydrogens is 383 g/mol. The molecule has 0 atom stereocenters. The van der Waals surface area contributed by atoms with Gasteiger partial charge in [0, 0.05) is 24.7 Å². The maximum atomic E-state index is 13.1. The average molecular weight is 406 g/mol. The van der Waals surface area contributed by atoms with Gasteiger partial charge in [0.05, 0.1) is 11.9 Å². The number of nitrogens with one attached hydrogen (secondary N) is 1. The molecule has 28 heavy (non-hydrogen) atoms. The summed E-state index contributed by atoms with van der Waals surface area (Å²) in [4.78, 5) is 12.2. The van der Waals surface area contributed by atoms with Gasteiger partial charge in [-0.15, -0.1) is 0 Å². The molecule has 1 amide bonds. The third-order valence-corrected chi connectivity index (χ3v) is 4.96. The van der Waals surface area contributed by atoms with Gasteiger partial charge in [-0.3, -0.25) is 9.10 Å². The predicted molar refractivity (Wildman–Crippen MR) is 109 cm³/mol. The first-order chi connectivity index (χ1) is 13.3. The van der Waals surface area contributed by atoms with Crippen molar-refractivity contribution in [3.63, 3.8) is 0 Å². The average Bonchev–Trinajstić information content (AvgIpc) is 2.64. The topological polar surface area (TPSA) is 75.7 Å². The van der Waals surface area contributed by atoms with Crippen LogP contribution in [0.25, 0.3) is 0 Å². The predicted octanol–water partition coefficient (Wildman–Crippen LogP) is 3.58. The summed E-state index contributed by atoms with van der Waals surface area (Å²) in [5.74, 6) is -0.0819. The van der Waals surface area contributed by atoms with Crippen molar-refractivity contribution < 1.29 is 22.3 Å². The van der Waals surface area contributed by atoms with Crippen LogP contribution in [0, 0.1) is 5.82 Å². The minimum absolute atomic E-state index is 0.111. The van der Waals surface area contributed by atoms with Gasteiger partial charge in [0.2, 0.25) is 15.9 Å². The van der Waals surface area contributed by atoms with Crippen LogP contribution in [0.15, 0.2) is 61.2 Å². The Morgan fingerprint density at radius 2 is 1.96 bits per heavy atom. The number of amides is 1. The molecule has 0 aromatic heterocycles. The Balaban J connectivity index is 1.92. The lowest BCUT2D eigenvalue weighted by atomic mass is 10.2. The van der Waals surface area contributed by atoms with Crippen LogP contribution in [0.3, 0.4) is 0 Å². The lowest BCUT2D eigenvalue weighted by Gasteiger charge is -2.22. The lowest BCUT2D eigenvalue weighted by molar-refractivity contribution is -0.116. The Morgan fingerprint density at radius 3 is 2.61 bits per heavy atom. The van der Waals surface area contributed by atoms with Crippen molar-refractivity contribution >= 4 is 27.3 Å². The Bertz CT molecular complexity index is 914. The second kappa shape index (κ2) is 9.89. The molecule has 0 radical (unpaired) electrons. The van der Waals surface area contributed by atoms with Gasteiger partial charge in [-0.05, 0) is 42.8 Å². The zero-order chi connectivity index (χ0) is 20.6. The van der Waals surface area contributed by atoms with Gasteiger partial charge in [0.1, 0.15) is 18.2 Å². The van der Waals surface area contributed by atoms with Crippen LogP contribution in [0.2, 0.25) is 0 Å². The minimum atomic E-state index is -3.55. The van der Waals surface area contributed by atoms with E-state index >= 15 is 0 Å². The molecule has 0 aliphatic rings. The molecule has 2 rings (SSSR count). The van der Waals surface area contributed by atoms with Crippen molar-refractivity contribution in [3.05, 3.63) is 67.0 Å².